The second kappa shape index (κ2) is 8.07. The Morgan fingerprint density at radius 3 is 2.82 bits per heavy atom. The smallest absolute Gasteiger partial charge is 0.225 e. The molecule has 1 aliphatic heterocycles. The Labute approximate surface area is 168 Å². The van der Waals surface area contributed by atoms with Crippen LogP contribution in [0.3, 0.4) is 0 Å². The van der Waals surface area contributed by atoms with Crippen LogP contribution in [-0.2, 0) is 22.7 Å². The van der Waals surface area contributed by atoms with Crippen molar-refractivity contribution < 1.29 is 9.59 Å². The number of nitrogens with zero attached hydrogens (tertiary/aromatic N) is 1. The number of aromatic amines is 1. The van der Waals surface area contributed by atoms with Crippen molar-refractivity contribution in [2.24, 2.45) is 5.92 Å². The molecule has 6 heteroatoms. The van der Waals surface area contributed by atoms with E-state index in [0.29, 0.717) is 37.5 Å². The summed E-state index contributed by atoms with van der Waals surface area (Å²) in [5.41, 5.74) is 3.15. The van der Waals surface area contributed by atoms with E-state index >= 15 is 0 Å². The van der Waals surface area contributed by atoms with Crippen LogP contribution in [0.25, 0.3) is 10.9 Å². The quantitative estimate of drug-likeness (QED) is 0.688. The molecule has 3 aromatic rings. The Bertz CT molecular complexity index is 996. The monoisotopic (exact) mass is 395 g/mol. The summed E-state index contributed by atoms with van der Waals surface area (Å²) in [7, 11) is 0. The Balaban J connectivity index is 1.38. The Kier molecular flexibility index (Phi) is 5.35. The number of aromatic nitrogens is 1. The molecule has 2 aromatic carbocycles. The minimum atomic E-state index is -0.185. The second-order valence-electron chi connectivity index (χ2n) is 7.21. The molecule has 2 N–H and O–H groups in total. The lowest BCUT2D eigenvalue weighted by Gasteiger charge is -2.32. The van der Waals surface area contributed by atoms with Crippen LogP contribution in [-0.4, -0.2) is 28.2 Å². The van der Waals surface area contributed by atoms with Crippen molar-refractivity contribution >= 4 is 34.3 Å². The van der Waals surface area contributed by atoms with Gasteiger partial charge in [-0.05, 0) is 41.8 Å². The summed E-state index contributed by atoms with van der Waals surface area (Å²) in [5.74, 6) is -0.0901. The van der Waals surface area contributed by atoms with Gasteiger partial charge in [0.2, 0.25) is 11.8 Å². The number of likely N-dealkylation sites (tertiary alicyclic amines) is 1. The van der Waals surface area contributed by atoms with Gasteiger partial charge in [-0.15, -0.1) is 0 Å². The molecule has 0 bridgehead atoms. The number of H-pyrrole nitrogens is 1. The molecule has 4 rings (SSSR count). The van der Waals surface area contributed by atoms with Crippen molar-refractivity contribution in [3.63, 3.8) is 0 Å². The first-order chi connectivity index (χ1) is 13.6. The fourth-order valence-electron chi connectivity index (χ4n) is 3.72. The van der Waals surface area contributed by atoms with Gasteiger partial charge < -0.3 is 15.2 Å². The molecular formula is C22H22ClN3O2. The lowest BCUT2D eigenvalue weighted by Crippen LogP contribution is -2.45. The highest BCUT2D eigenvalue weighted by atomic mass is 35.5. The molecule has 5 nitrogen and oxygen atoms in total. The van der Waals surface area contributed by atoms with Crippen molar-refractivity contribution in [2.75, 3.05) is 6.54 Å². The second-order valence-corrected chi connectivity index (χ2v) is 7.65. The summed E-state index contributed by atoms with van der Waals surface area (Å²) in [6.45, 7) is 1.43. The SMILES string of the molecule is O=C(NCc1cccc2[nH]ccc12)C1CCC(=O)N(Cc2ccc(Cl)cc2)C1. The van der Waals surface area contributed by atoms with E-state index in [4.69, 9.17) is 11.6 Å². The molecule has 0 saturated carbocycles. The van der Waals surface area contributed by atoms with E-state index in [0.717, 1.165) is 22.0 Å². The molecule has 1 saturated heterocycles. The van der Waals surface area contributed by atoms with Crippen molar-refractivity contribution in [3.8, 4) is 0 Å². The zero-order valence-electron chi connectivity index (χ0n) is 15.5. The van der Waals surface area contributed by atoms with Crippen LogP contribution in [0.4, 0.5) is 0 Å². The molecule has 2 amide bonds. The average molecular weight is 396 g/mol. The van der Waals surface area contributed by atoms with Crippen LogP contribution in [0.2, 0.25) is 5.02 Å². The molecule has 1 aromatic heterocycles. The molecular weight excluding hydrogens is 374 g/mol. The molecule has 28 heavy (non-hydrogen) atoms. The molecule has 1 aliphatic rings. The Hall–Kier alpha value is -2.79. The number of halogens is 1. The van der Waals surface area contributed by atoms with Crippen LogP contribution >= 0.6 is 11.6 Å². The molecule has 1 fully saturated rings. The molecule has 1 atom stereocenters. The first-order valence-electron chi connectivity index (χ1n) is 9.45. The maximum absolute atomic E-state index is 12.7. The summed E-state index contributed by atoms with van der Waals surface area (Å²) in [6, 6.07) is 15.5. The van der Waals surface area contributed by atoms with Crippen molar-refractivity contribution in [2.45, 2.75) is 25.9 Å². The fraction of sp³-hybridized carbons (Fsp3) is 0.273. The number of carbonyl (C=O) groups excluding carboxylic acids is 2. The van der Waals surface area contributed by atoms with E-state index in [1.807, 2.05) is 54.7 Å². The molecule has 0 spiro atoms. The summed E-state index contributed by atoms with van der Waals surface area (Å²) in [4.78, 5) is 30.0. The minimum Gasteiger partial charge on any atom is -0.361 e. The summed E-state index contributed by atoms with van der Waals surface area (Å²) in [6.07, 6.45) is 2.90. The fourth-order valence-corrected chi connectivity index (χ4v) is 3.85. The molecule has 144 valence electrons. The molecule has 0 aliphatic carbocycles. The number of amides is 2. The number of piperidine rings is 1. The highest BCUT2D eigenvalue weighted by Crippen LogP contribution is 2.22. The van der Waals surface area contributed by atoms with Crippen molar-refractivity contribution in [1.29, 1.82) is 0 Å². The van der Waals surface area contributed by atoms with Crippen LogP contribution in [0.15, 0.2) is 54.7 Å². The zero-order chi connectivity index (χ0) is 19.5. The summed E-state index contributed by atoms with van der Waals surface area (Å²) >= 11 is 5.93. The third-order valence-corrected chi connectivity index (χ3v) is 5.55. The number of hydrogen-bond donors (Lipinski definition) is 2. The number of hydrogen-bond acceptors (Lipinski definition) is 2. The summed E-state index contributed by atoms with van der Waals surface area (Å²) in [5, 5.41) is 4.84. The average Bonchev–Trinajstić information content (AvgIpc) is 3.19. The Morgan fingerprint density at radius 1 is 1.18 bits per heavy atom. The lowest BCUT2D eigenvalue weighted by molar-refractivity contribution is -0.138. The van der Waals surface area contributed by atoms with Crippen LogP contribution < -0.4 is 5.32 Å². The van der Waals surface area contributed by atoms with Crippen molar-refractivity contribution in [1.82, 2.24) is 15.2 Å². The minimum absolute atomic E-state index is 0.00106. The zero-order valence-corrected chi connectivity index (χ0v) is 16.2. The van der Waals surface area contributed by atoms with Gasteiger partial charge in [0.25, 0.3) is 0 Å². The van der Waals surface area contributed by atoms with E-state index < -0.39 is 0 Å². The van der Waals surface area contributed by atoms with Crippen LogP contribution in [0.1, 0.15) is 24.0 Å². The normalized spacial score (nSPS) is 17.1. The van der Waals surface area contributed by atoms with Crippen LogP contribution in [0, 0.1) is 5.92 Å². The van der Waals surface area contributed by atoms with Gasteiger partial charge >= 0.3 is 0 Å². The highest BCUT2D eigenvalue weighted by Gasteiger charge is 2.30. The number of nitrogens with one attached hydrogen (secondary N) is 2. The molecule has 2 heterocycles. The first-order valence-corrected chi connectivity index (χ1v) is 9.83. The number of rotatable bonds is 5. The Morgan fingerprint density at radius 2 is 2.00 bits per heavy atom. The molecule has 0 radical (unpaired) electrons. The van der Waals surface area contributed by atoms with Gasteiger partial charge in [-0.2, -0.15) is 0 Å². The van der Waals surface area contributed by atoms with Crippen LogP contribution in [0.5, 0.6) is 0 Å². The van der Waals surface area contributed by atoms with Crippen molar-refractivity contribution in [3.05, 3.63) is 70.9 Å². The maximum Gasteiger partial charge on any atom is 0.225 e. The predicted octanol–water partition coefficient (Wildman–Crippen LogP) is 3.88. The van der Waals surface area contributed by atoms with E-state index in [2.05, 4.69) is 10.3 Å². The number of fused-ring (bicyclic) bond motifs is 1. The van der Waals surface area contributed by atoms with Gasteiger partial charge in [0.1, 0.15) is 0 Å². The van der Waals surface area contributed by atoms with E-state index in [-0.39, 0.29) is 17.7 Å². The molecule has 1 unspecified atom stereocenters. The van der Waals surface area contributed by atoms with Gasteiger partial charge in [-0.1, -0.05) is 35.9 Å². The third kappa shape index (κ3) is 4.04. The van der Waals surface area contributed by atoms with Gasteiger partial charge in [0.15, 0.2) is 0 Å². The first kappa shape index (κ1) is 18.6. The third-order valence-electron chi connectivity index (χ3n) is 5.30. The standard InChI is InChI=1S/C22H22ClN3O2/c23-18-7-4-15(5-8-18)13-26-14-17(6-9-21(26)27)22(28)25-12-16-2-1-3-20-19(16)10-11-24-20/h1-5,7-8,10-11,17,24H,6,9,12-14H2,(H,25,28). The maximum atomic E-state index is 12.7. The number of carbonyl (C=O) groups is 2. The van der Waals surface area contributed by atoms with Gasteiger partial charge in [0.05, 0.1) is 5.92 Å². The largest absolute Gasteiger partial charge is 0.361 e. The van der Waals surface area contributed by atoms with E-state index in [9.17, 15) is 9.59 Å². The van der Waals surface area contributed by atoms with Gasteiger partial charge in [-0.3, -0.25) is 9.59 Å². The van der Waals surface area contributed by atoms with Gasteiger partial charge in [-0.25, -0.2) is 0 Å². The lowest BCUT2D eigenvalue weighted by atomic mass is 9.96. The number of benzene rings is 2. The predicted molar refractivity (Wildman–Crippen MR) is 110 cm³/mol. The summed E-state index contributed by atoms with van der Waals surface area (Å²) < 4.78 is 0. The highest BCUT2D eigenvalue weighted by molar-refractivity contribution is 6.30. The van der Waals surface area contributed by atoms with E-state index in [1.54, 1.807) is 4.90 Å². The topological polar surface area (TPSA) is 65.2 Å². The van der Waals surface area contributed by atoms with Gasteiger partial charge in [0, 0.05) is 48.2 Å². The van der Waals surface area contributed by atoms with E-state index in [1.165, 1.54) is 0 Å².